The summed E-state index contributed by atoms with van der Waals surface area (Å²) in [6.07, 6.45) is 0. The summed E-state index contributed by atoms with van der Waals surface area (Å²) < 4.78 is 6.68. The number of carbonyl (C=O) groups is 1. The van der Waals surface area contributed by atoms with Gasteiger partial charge < -0.3 is 4.74 Å². The molecule has 1 aromatic heterocycles. The lowest BCUT2D eigenvalue weighted by Gasteiger charge is -2.12. The standard InChI is InChI=1S/C20H22N2O2S/c1-12(2)16-7-6-15(10-14(16)4)24-11-19(23)22-20-21-17-8-5-13(3)9-18(17)25-20/h5-10,12H,11H2,1-4H3,(H,21,22,23). The Hall–Kier alpha value is -2.40. The maximum atomic E-state index is 12.1. The fourth-order valence-corrected chi connectivity index (χ4v) is 3.76. The monoisotopic (exact) mass is 354 g/mol. The summed E-state index contributed by atoms with van der Waals surface area (Å²) in [5, 5.41) is 3.41. The number of carbonyl (C=O) groups excluding carboxylic acids is 1. The number of hydrogen-bond donors (Lipinski definition) is 1. The van der Waals surface area contributed by atoms with Gasteiger partial charge in [-0.1, -0.05) is 37.3 Å². The van der Waals surface area contributed by atoms with E-state index < -0.39 is 0 Å². The molecule has 0 saturated carbocycles. The van der Waals surface area contributed by atoms with Gasteiger partial charge in [-0.2, -0.15) is 0 Å². The van der Waals surface area contributed by atoms with Crippen LogP contribution in [0, 0.1) is 13.8 Å². The molecule has 4 nitrogen and oxygen atoms in total. The van der Waals surface area contributed by atoms with Crippen molar-refractivity contribution in [1.29, 1.82) is 0 Å². The second kappa shape index (κ2) is 7.23. The predicted molar refractivity (Wildman–Crippen MR) is 104 cm³/mol. The van der Waals surface area contributed by atoms with E-state index in [9.17, 15) is 4.79 Å². The third-order valence-corrected chi connectivity index (χ3v) is 4.96. The molecule has 1 heterocycles. The minimum atomic E-state index is -0.207. The Morgan fingerprint density at radius 1 is 1.20 bits per heavy atom. The molecule has 5 heteroatoms. The first kappa shape index (κ1) is 17.4. The summed E-state index contributed by atoms with van der Waals surface area (Å²) in [5.41, 5.74) is 4.54. The van der Waals surface area contributed by atoms with E-state index in [2.05, 4.69) is 43.2 Å². The highest BCUT2D eigenvalue weighted by Crippen LogP contribution is 2.27. The van der Waals surface area contributed by atoms with Crippen LogP contribution >= 0.6 is 11.3 Å². The Bertz CT molecular complexity index is 915. The number of nitrogens with zero attached hydrogens (tertiary/aromatic N) is 1. The Labute approximate surface area is 151 Å². The Kier molecular flexibility index (Phi) is 5.04. The minimum Gasteiger partial charge on any atom is -0.484 e. The van der Waals surface area contributed by atoms with E-state index in [-0.39, 0.29) is 12.5 Å². The number of hydrogen-bond acceptors (Lipinski definition) is 4. The van der Waals surface area contributed by atoms with Gasteiger partial charge >= 0.3 is 0 Å². The van der Waals surface area contributed by atoms with Crippen LogP contribution < -0.4 is 10.1 Å². The van der Waals surface area contributed by atoms with Crippen LogP contribution in [0.15, 0.2) is 36.4 Å². The SMILES string of the molecule is Cc1ccc2nc(NC(=O)COc3ccc(C(C)C)c(C)c3)sc2c1. The van der Waals surface area contributed by atoms with Gasteiger partial charge in [0.1, 0.15) is 5.75 Å². The van der Waals surface area contributed by atoms with Gasteiger partial charge in [0.05, 0.1) is 10.2 Å². The van der Waals surface area contributed by atoms with Crippen molar-refractivity contribution in [2.75, 3.05) is 11.9 Å². The largest absolute Gasteiger partial charge is 0.484 e. The zero-order valence-corrected chi connectivity index (χ0v) is 15.7. The number of ether oxygens (including phenoxy) is 1. The number of aromatic nitrogens is 1. The molecular formula is C20H22N2O2S. The average molecular weight is 354 g/mol. The third kappa shape index (κ3) is 4.17. The van der Waals surface area contributed by atoms with Crippen molar-refractivity contribution in [3.63, 3.8) is 0 Å². The first-order chi connectivity index (χ1) is 11.9. The smallest absolute Gasteiger partial charge is 0.264 e. The van der Waals surface area contributed by atoms with Crippen LogP contribution in [0.4, 0.5) is 5.13 Å². The topological polar surface area (TPSA) is 51.2 Å². The zero-order chi connectivity index (χ0) is 18.0. The highest BCUT2D eigenvalue weighted by Gasteiger charge is 2.10. The number of thiazole rings is 1. The summed E-state index contributed by atoms with van der Waals surface area (Å²) in [6, 6.07) is 12.0. The number of amides is 1. The van der Waals surface area contributed by atoms with Crippen molar-refractivity contribution < 1.29 is 9.53 Å². The van der Waals surface area contributed by atoms with Gasteiger partial charge in [-0.3, -0.25) is 10.1 Å². The number of fused-ring (bicyclic) bond motifs is 1. The summed E-state index contributed by atoms with van der Waals surface area (Å²) >= 11 is 1.47. The van der Waals surface area contributed by atoms with Gasteiger partial charge in [-0.15, -0.1) is 0 Å². The van der Waals surface area contributed by atoms with Gasteiger partial charge in [0, 0.05) is 0 Å². The van der Waals surface area contributed by atoms with Crippen molar-refractivity contribution in [1.82, 2.24) is 4.98 Å². The van der Waals surface area contributed by atoms with Gasteiger partial charge in [0.2, 0.25) is 0 Å². The molecule has 0 aliphatic carbocycles. The summed E-state index contributed by atoms with van der Waals surface area (Å²) in [6.45, 7) is 8.39. The first-order valence-corrected chi connectivity index (χ1v) is 9.14. The van der Waals surface area contributed by atoms with Crippen LogP contribution in [0.2, 0.25) is 0 Å². The molecule has 0 aliphatic rings. The molecular weight excluding hydrogens is 332 g/mol. The molecule has 3 rings (SSSR count). The number of rotatable bonds is 5. The van der Waals surface area contributed by atoms with Crippen molar-refractivity contribution in [2.45, 2.75) is 33.6 Å². The van der Waals surface area contributed by atoms with E-state index in [0.717, 1.165) is 10.2 Å². The zero-order valence-electron chi connectivity index (χ0n) is 14.9. The summed E-state index contributed by atoms with van der Waals surface area (Å²) in [5.74, 6) is 0.971. The molecule has 0 bridgehead atoms. The molecule has 0 atom stereocenters. The van der Waals surface area contributed by atoms with Crippen molar-refractivity contribution in [3.8, 4) is 5.75 Å². The van der Waals surface area contributed by atoms with Gasteiger partial charge in [0.25, 0.3) is 5.91 Å². The van der Waals surface area contributed by atoms with E-state index in [1.807, 2.05) is 31.2 Å². The molecule has 0 saturated heterocycles. The minimum absolute atomic E-state index is 0.0323. The fourth-order valence-electron chi connectivity index (χ4n) is 2.78. The molecule has 3 aromatic rings. The molecule has 1 N–H and O–H groups in total. The highest BCUT2D eigenvalue weighted by molar-refractivity contribution is 7.22. The highest BCUT2D eigenvalue weighted by atomic mass is 32.1. The van der Waals surface area contributed by atoms with Crippen molar-refractivity contribution in [2.24, 2.45) is 0 Å². The molecule has 1 amide bonds. The van der Waals surface area contributed by atoms with Gasteiger partial charge in [-0.25, -0.2) is 4.98 Å². The van der Waals surface area contributed by atoms with Crippen LogP contribution in [0.5, 0.6) is 5.75 Å². The molecule has 2 aromatic carbocycles. The fraction of sp³-hybridized carbons (Fsp3) is 0.300. The van der Waals surface area contributed by atoms with E-state index in [1.54, 1.807) is 0 Å². The lowest BCUT2D eigenvalue weighted by molar-refractivity contribution is -0.118. The molecule has 0 fully saturated rings. The van der Waals surface area contributed by atoms with E-state index in [4.69, 9.17) is 4.74 Å². The van der Waals surface area contributed by atoms with E-state index in [1.165, 1.54) is 28.0 Å². The van der Waals surface area contributed by atoms with Crippen LogP contribution in [0.25, 0.3) is 10.2 Å². The second-order valence-electron chi connectivity index (χ2n) is 6.50. The molecule has 0 radical (unpaired) electrons. The van der Waals surface area contributed by atoms with Crippen molar-refractivity contribution >= 4 is 32.6 Å². The first-order valence-electron chi connectivity index (χ1n) is 8.33. The average Bonchev–Trinajstić information content (AvgIpc) is 2.93. The molecule has 25 heavy (non-hydrogen) atoms. The van der Waals surface area contributed by atoms with Crippen LogP contribution in [0.1, 0.15) is 36.5 Å². The van der Waals surface area contributed by atoms with Gasteiger partial charge in [0.15, 0.2) is 11.7 Å². The Morgan fingerprint density at radius 3 is 2.72 bits per heavy atom. The normalized spacial score (nSPS) is 11.1. The van der Waals surface area contributed by atoms with Gasteiger partial charge in [-0.05, 0) is 60.7 Å². The summed E-state index contributed by atoms with van der Waals surface area (Å²) in [4.78, 5) is 16.5. The molecule has 130 valence electrons. The molecule has 0 unspecified atom stereocenters. The van der Waals surface area contributed by atoms with Crippen LogP contribution in [-0.2, 0) is 4.79 Å². The van der Waals surface area contributed by atoms with E-state index >= 15 is 0 Å². The molecule has 0 aliphatic heterocycles. The quantitative estimate of drug-likeness (QED) is 0.697. The Balaban J connectivity index is 1.61. The van der Waals surface area contributed by atoms with Crippen LogP contribution in [-0.4, -0.2) is 17.5 Å². The third-order valence-electron chi connectivity index (χ3n) is 4.02. The number of nitrogens with one attached hydrogen (secondary N) is 1. The lowest BCUT2D eigenvalue weighted by Crippen LogP contribution is -2.20. The number of benzene rings is 2. The second-order valence-corrected chi connectivity index (χ2v) is 7.53. The maximum Gasteiger partial charge on any atom is 0.264 e. The predicted octanol–water partition coefficient (Wildman–Crippen LogP) is 5.05. The number of aryl methyl sites for hydroxylation is 2. The lowest BCUT2D eigenvalue weighted by atomic mass is 9.98. The van der Waals surface area contributed by atoms with Crippen LogP contribution in [0.3, 0.4) is 0 Å². The maximum absolute atomic E-state index is 12.1. The summed E-state index contributed by atoms with van der Waals surface area (Å²) in [7, 11) is 0. The van der Waals surface area contributed by atoms with Crippen molar-refractivity contribution in [3.05, 3.63) is 53.1 Å². The number of anilines is 1. The van der Waals surface area contributed by atoms with E-state index in [0.29, 0.717) is 16.8 Å². The Morgan fingerprint density at radius 2 is 2.00 bits per heavy atom. The molecule has 0 spiro atoms.